The van der Waals surface area contributed by atoms with E-state index in [4.69, 9.17) is 4.74 Å². The number of nitrogens with one attached hydrogen (secondary N) is 1. The van der Waals surface area contributed by atoms with Crippen LogP contribution in [0.1, 0.15) is 42.6 Å². The number of aromatic nitrogens is 1. The molecule has 0 unspecified atom stereocenters. The molecule has 0 radical (unpaired) electrons. The Kier molecular flexibility index (Phi) is 5.56. The predicted molar refractivity (Wildman–Crippen MR) is 102 cm³/mol. The number of aryl methyl sites for hydroxylation is 1. The zero-order valence-electron chi connectivity index (χ0n) is 15.2. The number of methoxy groups -OCH3 is 1. The van der Waals surface area contributed by atoms with Gasteiger partial charge < -0.3 is 10.1 Å². The molecule has 7 heteroatoms. The molecule has 1 aromatic heterocycles. The first-order valence-corrected chi connectivity index (χ1v) is 9.54. The Bertz CT molecular complexity index is 818. The lowest BCUT2D eigenvalue weighted by Gasteiger charge is -2.18. The minimum Gasteiger partial charge on any atom is -0.496 e. The highest BCUT2D eigenvalue weighted by molar-refractivity contribution is 7.14. The summed E-state index contributed by atoms with van der Waals surface area (Å²) in [5.74, 6) is 0.757. The molecule has 1 atom stereocenters. The van der Waals surface area contributed by atoms with E-state index < -0.39 is 0 Å². The fourth-order valence-corrected chi connectivity index (χ4v) is 3.95. The van der Waals surface area contributed by atoms with Gasteiger partial charge in [0.05, 0.1) is 25.3 Å². The molecule has 26 heavy (non-hydrogen) atoms. The molecule has 2 heterocycles. The third-order valence-electron chi connectivity index (χ3n) is 4.41. The topological polar surface area (TPSA) is 71.5 Å². The average molecular weight is 373 g/mol. The molecule has 3 rings (SSSR count). The SMILES string of the molecule is COc1ccc(C)cc1[C@@H](C)NC(=O)Cc1csc(N2CCCC2=O)n1. The molecule has 0 aliphatic carbocycles. The molecule has 0 saturated carbocycles. The number of anilines is 1. The number of ether oxygens (including phenoxy) is 1. The quantitative estimate of drug-likeness (QED) is 0.845. The molecule has 1 N–H and O–H groups in total. The molecule has 0 bridgehead atoms. The largest absolute Gasteiger partial charge is 0.496 e. The Labute approximate surface area is 157 Å². The Morgan fingerprint density at radius 2 is 2.27 bits per heavy atom. The second-order valence-electron chi connectivity index (χ2n) is 6.48. The van der Waals surface area contributed by atoms with Crippen molar-refractivity contribution >= 4 is 28.3 Å². The molecule has 1 saturated heterocycles. The first-order valence-electron chi connectivity index (χ1n) is 8.66. The Balaban J connectivity index is 1.63. The molecular weight excluding hydrogens is 350 g/mol. The Hall–Kier alpha value is -2.41. The van der Waals surface area contributed by atoms with Gasteiger partial charge in [0, 0.05) is 23.9 Å². The Morgan fingerprint density at radius 1 is 1.46 bits per heavy atom. The summed E-state index contributed by atoms with van der Waals surface area (Å²) >= 11 is 1.41. The summed E-state index contributed by atoms with van der Waals surface area (Å²) in [6, 6.07) is 5.74. The molecule has 1 aliphatic heterocycles. The zero-order chi connectivity index (χ0) is 18.7. The summed E-state index contributed by atoms with van der Waals surface area (Å²) in [6.45, 7) is 4.65. The molecule has 0 spiro atoms. The summed E-state index contributed by atoms with van der Waals surface area (Å²) in [7, 11) is 1.62. The van der Waals surface area contributed by atoms with E-state index in [2.05, 4.69) is 10.3 Å². The van der Waals surface area contributed by atoms with Crippen LogP contribution in [-0.2, 0) is 16.0 Å². The van der Waals surface area contributed by atoms with Gasteiger partial charge in [-0.25, -0.2) is 4.98 Å². The van der Waals surface area contributed by atoms with Crippen LogP contribution in [0.2, 0.25) is 0 Å². The van der Waals surface area contributed by atoms with E-state index >= 15 is 0 Å². The van der Waals surface area contributed by atoms with Crippen molar-refractivity contribution in [2.24, 2.45) is 0 Å². The average Bonchev–Trinajstić information content (AvgIpc) is 3.23. The van der Waals surface area contributed by atoms with E-state index in [0.717, 1.165) is 23.3 Å². The van der Waals surface area contributed by atoms with Crippen LogP contribution in [0.4, 0.5) is 5.13 Å². The van der Waals surface area contributed by atoms with Gasteiger partial charge in [-0.2, -0.15) is 0 Å². The third-order valence-corrected chi connectivity index (χ3v) is 5.33. The first kappa shape index (κ1) is 18.4. The van der Waals surface area contributed by atoms with Crippen molar-refractivity contribution in [2.45, 2.75) is 39.2 Å². The number of amides is 2. The lowest BCUT2D eigenvalue weighted by molar-refractivity contribution is -0.121. The molecule has 6 nitrogen and oxygen atoms in total. The second-order valence-corrected chi connectivity index (χ2v) is 7.32. The number of rotatable bonds is 6. The molecule has 2 amide bonds. The number of benzene rings is 1. The summed E-state index contributed by atoms with van der Waals surface area (Å²) in [4.78, 5) is 30.4. The van der Waals surface area contributed by atoms with E-state index in [-0.39, 0.29) is 24.3 Å². The highest BCUT2D eigenvalue weighted by Gasteiger charge is 2.24. The molecular formula is C19H23N3O3S. The maximum absolute atomic E-state index is 12.4. The van der Waals surface area contributed by atoms with Crippen LogP contribution >= 0.6 is 11.3 Å². The third kappa shape index (κ3) is 4.04. The molecule has 1 aromatic carbocycles. The van der Waals surface area contributed by atoms with Crippen molar-refractivity contribution in [3.8, 4) is 5.75 Å². The van der Waals surface area contributed by atoms with Gasteiger partial charge in [-0.3, -0.25) is 14.5 Å². The minimum absolute atomic E-state index is 0.106. The van der Waals surface area contributed by atoms with Crippen molar-refractivity contribution in [3.05, 3.63) is 40.4 Å². The summed E-state index contributed by atoms with van der Waals surface area (Å²) in [5, 5.41) is 5.53. The van der Waals surface area contributed by atoms with Gasteiger partial charge >= 0.3 is 0 Å². The van der Waals surface area contributed by atoms with Crippen LogP contribution in [0.5, 0.6) is 5.75 Å². The lowest BCUT2D eigenvalue weighted by Crippen LogP contribution is -2.28. The van der Waals surface area contributed by atoms with Crippen LogP contribution in [0.25, 0.3) is 0 Å². The number of carbonyl (C=O) groups is 2. The number of hydrogen-bond donors (Lipinski definition) is 1. The van der Waals surface area contributed by atoms with Gasteiger partial charge in [0.25, 0.3) is 0 Å². The van der Waals surface area contributed by atoms with Gasteiger partial charge in [0.1, 0.15) is 5.75 Å². The monoisotopic (exact) mass is 373 g/mol. The maximum atomic E-state index is 12.4. The normalized spacial score (nSPS) is 15.2. The van der Waals surface area contributed by atoms with Gasteiger partial charge in [0.15, 0.2) is 5.13 Å². The number of carbonyl (C=O) groups excluding carboxylic acids is 2. The zero-order valence-corrected chi connectivity index (χ0v) is 16.1. The van der Waals surface area contributed by atoms with E-state index in [9.17, 15) is 9.59 Å². The first-order chi connectivity index (χ1) is 12.5. The van der Waals surface area contributed by atoms with Gasteiger partial charge in [-0.1, -0.05) is 17.7 Å². The molecule has 1 fully saturated rings. The van der Waals surface area contributed by atoms with E-state index in [1.54, 1.807) is 12.0 Å². The number of nitrogens with zero attached hydrogens (tertiary/aromatic N) is 2. The van der Waals surface area contributed by atoms with Crippen LogP contribution in [0, 0.1) is 6.92 Å². The van der Waals surface area contributed by atoms with Crippen LogP contribution in [-0.4, -0.2) is 30.5 Å². The van der Waals surface area contributed by atoms with Gasteiger partial charge in [-0.15, -0.1) is 11.3 Å². The van der Waals surface area contributed by atoms with Crippen molar-refractivity contribution in [1.29, 1.82) is 0 Å². The van der Waals surface area contributed by atoms with Crippen LogP contribution in [0.15, 0.2) is 23.6 Å². The van der Waals surface area contributed by atoms with Crippen LogP contribution < -0.4 is 15.0 Å². The molecule has 1 aliphatic rings. The van der Waals surface area contributed by atoms with E-state index in [1.165, 1.54) is 11.3 Å². The van der Waals surface area contributed by atoms with Crippen LogP contribution in [0.3, 0.4) is 0 Å². The van der Waals surface area contributed by atoms with Gasteiger partial charge in [0.2, 0.25) is 11.8 Å². The summed E-state index contributed by atoms with van der Waals surface area (Å²) < 4.78 is 5.39. The fraction of sp³-hybridized carbons (Fsp3) is 0.421. The van der Waals surface area contributed by atoms with Crippen molar-refractivity contribution < 1.29 is 14.3 Å². The smallest absolute Gasteiger partial charge is 0.228 e. The highest BCUT2D eigenvalue weighted by Crippen LogP contribution is 2.27. The molecule has 2 aromatic rings. The van der Waals surface area contributed by atoms with Crippen molar-refractivity contribution in [3.63, 3.8) is 0 Å². The van der Waals surface area contributed by atoms with Crippen molar-refractivity contribution in [2.75, 3.05) is 18.6 Å². The van der Waals surface area contributed by atoms with E-state index in [1.807, 2.05) is 37.4 Å². The molecule has 138 valence electrons. The maximum Gasteiger partial charge on any atom is 0.228 e. The Morgan fingerprint density at radius 3 is 2.96 bits per heavy atom. The fourth-order valence-electron chi connectivity index (χ4n) is 3.08. The lowest BCUT2D eigenvalue weighted by atomic mass is 10.0. The van der Waals surface area contributed by atoms with Gasteiger partial charge in [-0.05, 0) is 26.3 Å². The van der Waals surface area contributed by atoms with Crippen molar-refractivity contribution in [1.82, 2.24) is 10.3 Å². The summed E-state index contributed by atoms with van der Waals surface area (Å²) in [5.41, 5.74) is 2.74. The highest BCUT2D eigenvalue weighted by atomic mass is 32.1. The second kappa shape index (κ2) is 7.86. The summed E-state index contributed by atoms with van der Waals surface area (Å²) in [6.07, 6.45) is 1.63. The van der Waals surface area contributed by atoms with E-state index in [0.29, 0.717) is 23.8 Å². The number of thiazole rings is 1. The predicted octanol–water partition coefficient (Wildman–Crippen LogP) is 3.01. The minimum atomic E-state index is -0.171. The number of hydrogen-bond acceptors (Lipinski definition) is 5. The standard InChI is InChI=1S/C19H23N3O3S/c1-12-6-7-16(25-3)15(9-12)13(2)20-17(23)10-14-11-26-19(21-14)22-8-4-5-18(22)24/h6-7,9,11,13H,4-5,8,10H2,1-3H3,(H,20,23)/t13-/m1/s1.